The van der Waals surface area contributed by atoms with Crippen LogP contribution >= 0.6 is 0 Å². The zero-order valence-corrected chi connectivity index (χ0v) is 8.06. The van der Waals surface area contributed by atoms with Gasteiger partial charge in [-0.25, -0.2) is 0 Å². The van der Waals surface area contributed by atoms with E-state index in [-0.39, 0.29) is 0 Å². The average Bonchev–Trinajstić information content (AvgIpc) is 1.86. The van der Waals surface area contributed by atoms with Crippen LogP contribution in [0.4, 0.5) is 0 Å². The minimum absolute atomic E-state index is 0.600. The Morgan fingerprint density at radius 1 is 1.18 bits per heavy atom. The van der Waals surface area contributed by atoms with Gasteiger partial charge in [-0.05, 0) is 26.3 Å². The summed E-state index contributed by atoms with van der Waals surface area (Å²) in [6, 6.07) is 1.24. The third kappa shape index (κ3) is 7.82. The largest absolute Gasteiger partial charge is 0.330 e. The van der Waals surface area contributed by atoms with E-state index in [1.165, 1.54) is 12.8 Å². The Morgan fingerprint density at radius 2 is 1.82 bits per heavy atom. The molecule has 0 aliphatic heterocycles. The van der Waals surface area contributed by atoms with Crippen LogP contribution in [0.3, 0.4) is 0 Å². The van der Waals surface area contributed by atoms with Crippen molar-refractivity contribution in [3.8, 4) is 0 Å². The summed E-state index contributed by atoms with van der Waals surface area (Å²) in [7, 11) is 0. The lowest BCUT2D eigenvalue weighted by Crippen LogP contribution is -2.32. The van der Waals surface area contributed by atoms with Gasteiger partial charge in [0.25, 0.3) is 0 Å². The molecule has 0 heterocycles. The van der Waals surface area contributed by atoms with Crippen LogP contribution in [0.1, 0.15) is 40.0 Å². The highest BCUT2D eigenvalue weighted by molar-refractivity contribution is 4.63. The van der Waals surface area contributed by atoms with Gasteiger partial charge in [-0.1, -0.05) is 20.3 Å². The van der Waals surface area contributed by atoms with E-state index in [1.54, 1.807) is 0 Å². The fourth-order valence-electron chi connectivity index (χ4n) is 1.25. The van der Waals surface area contributed by atoms with Gasteiger partial charge >= 0.3 is 0 Å². The maximum Gasteiger partial charge on any atom is 0.00410 e. The van der Waals surface area contributed by atoms with Crippen LogP contribution in [0.15, 0.2) is 0 Å². The smallest absolute Gasteiger partial charge is 0.00410 e. The molecule has 0 aliphatic carbocycles. The van der Waals surface area contributed by atoms with Gasteiger partial charge in [0, 0.05) is 12.1 Å². The quantitative estimate of drug-likeness (QED) is 0.575. The summed E-state index contributed by atoms with van der Waals surface area (Å²) in [4.78, 5) is 0. The van der Waals surface area contributed by atoms with Gasteiger partial charge < -0.3 is 11.1 Å². The Kier molecular flexibility index (Phi) is 6.57. The van der Waals surface area contributed by atoms with E-state index in [1.807, 2.05) is 0 Å². The predicted molar refractivity (Wildman–Crippen MR) is 50.6 cm³/mol. The maximum absolute atomic E-state index is 5.40. The lowest BCUT2D eigenvalue weighted by molar-refractivity contribution is 0.450. The Labute approximate surface area is 70.5 Å². The molecule has 1 atom stereocenters. The Morgan fingerprint density at radius 3 is 2.27 bits per heavy atom. The summed E-state index contributed by atoms with van der Waals surface area (Å²) in [5.41, 5.74) is 5.40. The monoisotopic (exact) mass is 158 g/mol. The molecule has 68 valence electrons. The van der Waals surface area contributed by atoms with Gasteiger partial charge in [-0.2, -0.15) is 0 Å². The second kappa shape index (κ2) is 6.62. The molecule has 2 heteroatoms. The van der Waals surface area contributed by atoms with Crippen molar-refractivity contribution in [2.24, 2.45) is 5.73 Å². The SMILES string of the molecule is CC(C)NC(C)CCCCN. The predicted octanol–water partition coefficient (Wildman–Crippen LogP) is 1.50. The van der Waals surface area contributed by atoms with E-state index in [0.717, 1.165) is 13.0 Å². The molecule has 3 N–H and O–H groups in total. The lowest BCUT2D eigenvalue weighted by Gasteiger charge is -2.16. The maximum atomic E-state index is 5.40. The van der Waals surface area contributed by atoms with E-state index in [9.17, 15) is 0 Å². The zero-order valence-electron chi connectivity index (χ0n) is 8.06. The van der Waals surface area contributed by atoms with E-state index >= 15 is 0 Å². The van der Waals surface area contributed by atoms with Crippen molar-refractivity contribution < 1.29 is 0 Å². The summed E-state index contributed by atoms with van der Waals surface area (Å²) in [5, 5.41) is 3.46. The van der Waals surface area contributed by atoms with E-state index in [2.05, 4.69) is 26.1 Å². The topological polar surface area (TPSA) is 38.0 Å². The molecule has 0 amide bonds. The number of hydrogen-bond donors (Lipinski definition) is 2. The van der Waals surface area contributed by atoms with Crippen molar-refractivity contribution in [3.63, 3.8) is 0 Å². The molecule has 0 rings (SSSR count). The van der Waals surface area contributed by atoms with Gasteiger partial charge in [0.15, 0.2) is 0 Å². The summed E-state index contributed by atoms with van der Waals surface area (Å²) in [6.07, 6.45) is 3.65. The standard InChI is InChI=1S/C9H22N2/c1-8(2)11-9(3)6-4-5-7-10/h8-9,11H,4-7,10H2,1-3H3. The van der Waals surface area contributed by atoms with Crippen LogP contribution in [0.2, 0.25) is 0 Å². The number of nitrogens with two attached hydrogens (primary N) is 1. The molecular weight excluding hydrogens is 136 g/mol. The molecule has 0 aromatic rings. The van der Waals surface area contributed by atoms with Crippen molar-refractivity contribution in [2.45, 2.75) is 52.1 Å². The number of rotatable bonds is 6. The minimum atomic E-state index is 0.600. The molecule has 0 saturated heterocycles. The van der Waals surface area contributed by atoms with E-state index in [0.29, 0.717) is 12.1 Å². The summed E-state index contributed by atoms with van der Waals surface area (Å²) >= 11 is 0. The minimum Gasteiger partial charge on any atom is -0.330 e. The molecule has 0 spiro atoms. The lowest BCUT2D eigenvalue weighted by atomic mass is 10.1. The molecule has 0 radical (unpaired) electrons. The first kappa shape index (κ1) is 10.9. The van der Waals surface area contributed by atoms with Crippen molar-refractivity contribution in [1.82, 2.24) is 5.32 Å². The summed E-state index contributed by atoms with van der Waals surface area (Å²) in [6.45, 7) is 7.42. The first-order valence-corrected chi connectivity index (χ1v) is 4.63. The molecule has 0 aromatic carbocycles. The second-order valence-corrected chi connectivity index (χ2v) is 3.51. The van der Waals surface area contributed by atoms with Crippen LogP contribution in [0.5, 0.6) is 0 Å². The Bertz CT molecular complexity index is 81.6. The van der Waals surface area contributed by atoms with Crippen LogP contribution < -0.4 is 11.1 Å². The molecule has 0 fully saturated rings. The Hall–Kier alpha value is -0.0800. The van der Waals surface area contributed by atoms with Crippen molar-refractivity contribution in [2.75, 3.05) is 6.54 Å². The number of unbranched alkanes of at least 4 members (excludes halogenated alkanes) is 1. The molecular formula is C9H22N2. The normalized spacial score (nSPS) is 13.9. The zero-order chi connectivity index (χ0) is 8.69. The van der Waals surface area contributed by atoms with Crippen LogP contribution in [-0.4, -0.2) is 18.6 Å². The average molecular weight is 158 g/mol. The highest BCUT2D eigenvalue weighted by Crippen LogP contribution is 1.99. The van der Waals surface area contributed by atoms with Gasteiger partial charge in [0.1, 0.15) is 0 Å². The fraction of sp³-hybridized carbons (Fsp3) is 1.00. The van der Waals surface area contributed by atoms with E-state index < -0.39 is 0 Å². The molecule has 0 saturated carbocycles. The van der Waals surface area contributed by atoms with Gasteiger partial charge in [0.2, 0.25) is 0 Å². The first-order valence-electron chi connectivity index (χ1n) is 4.63. The highest BCUT2D eigenvalue weighted by atomic mass is 14.9. The van der Waals surface area contributed by atoms with Gasteiger partial charge in [-0.3, -0.25) is 0 Å². The summed E-state index contributed by atoms with van der Waals surface area (Å²) in [5.74, 6) is 0. The number of hydrogen-bond acceptors (Lipinski definition) is 2. The van der Waals surface area contributed by atoms with Crippen molar-refractivity contribution >= 4 is 0 Å². The van der Waals surface area contributed by atoms with Crippen LogP contribution in [0.25, 0.3) is 0 Å². The highest BCUT2D eigenvalue weighted by Gasteiger charge is 2.01. The molecule has 0 aromatic heterocycles. The first-order chi connectivity index (χ1) is 5.16. The molecule has 0 bridgehead atoms. The molecule has 2 nitrogen and oxygen atoms in total. The van der Waals surface area contributed by atoms with Gasteiger partial charge in [-0.15, -0.1) is 0 Å². The van der Waals surface area contributed by atoms with E-state index in [4.69, 9.17) is 5.73 Å². The van der Waals surface area contributed by atoms with Crippen molar-refractivity contribution in [1.29, 1.82) is 0 Å². The number of nitrogens with one attached hydrogen (secondary N) is 1. The fourth-order valence-corrected chi connectivity index (χ4v) is 1.25. The molecule has 1 unspecified atom stereocenters. The molecule has 0 aliphatic rings. The second-order valence-electron chi connectivity index (χ2n) is 3.51. The van der Waals surface area contributed by atoms with Gasteiger partial charge in [0.05, 0.1) is 0 Å². The third-order valence-electron chi connectivity index (χ3n) is 1.71. The van der Waals surface area contributed by atoms with Crippen LogP contribution in [-0.2, 0) is 0 Å². The van der Waals surface area contributed by atoms with Crippen molar-refractivity contribution in [3.05, 3.63) is 0 Å². The molecule has 11 heavy (non-hydrogen) atoms. The summed E-state index contributed by atoms with van der Waals surface area (Å²) < 4.78 is 0. The Balaban J connectivity index is 3.15. The third-order valence-corrected chi connectivity index (χ3v) is 1.71. The van der Waals surface area contributed by atoms with Crippen LogP contribution in [0, 0.1) is 0 Å².